The number of hydrogen-bond donors (Lipinski definition) is 1. The van der Waals surface area contributed by atoms with Gasteiger partial charge in [0.1, 0.15) is 23.7 Å². The molecule has 11 nitrogen and oxygen atoms in total. The van der Waals surface area contributed by atoms with Crippen LogP contribution >= 0.6 is 11.8 Å². The second-order valence-electron chi connectivity index (χ2n) is 12.4. The van der Waals surface area contributed by atoms with Crippen molar-refractivity contribution in [3.05, 3.63) is 59.7 Å². The van der Waals surface area contributed by atoms with E-state index in [9.17, 15) is 5.11 Å². The fourth-order valence-corrected chi connectivity index (χ4v) is 7.43. The minimum Gasteiger partial charge on any atom is -0.497 e. The zero-order valence-electron chi connectivity index (χ0n) is 26.3. The number of aliphatic hydroxyl groups excluding tert-OH is 1. The Labute approximate surface area is 267 Å². The molecule has 6 unspecified atom stereocenters. The summed E-state index contributed by atoms with van der Waals surface area (Å²) in [5.74, 6) is 2.66. The molecule has 2 saturated carbocycles. The average Bonchev–Trinajstić information content (AvgIpc) is 3.50. The van der Waals surface area contributed by atoms with Crippen LogP contribution in [0.2, 0.25) is 0 Å². The third-order valence-corrected chi connectivity index (χ3v) is 9.98. The van der Waals surface area contributed by atoms with Gasteiger partial charge in [0, 0.05) is 42.3 Å². The number of anilines is 1. The summed E-state index contributed by atoms with van der Waals surface area (Å²) in [6.45, 7) is 6.45. The Kier molecular flexibility index (Phi) is 8.09. The first-order valence-corrected chi connectivity index (χ1v) is 16.6. The zero-order chi connectivity index (χ0) is 31.3. The van der Waals surface area contributed by atoms with Crippen molar-refractivity contribution in [2.75, 3.05) is 24.9 Å². The van der Waals surface area contributed by atoms with Gasteiger partial charge in [0.2, 0.25) is 0 Å². The minimum absolute atomic E-state index is 0.191. The summed E-state index contributed by atoms with van der Waals surface area (Å²) in [6.07, 6.45) is 0.939. The standard InChI is InChI=1S/C33H40N6O5S/c1-6-14-45-32-34-30(27-31(35-32)39(37-36-27)24-17-25(40)29-28(24)43-33(2,3)44-29)38(23-16-22(23)19-10-8-7-9-11-19)18-20-12-13-21(41-4)15-26(20)42-5/h7-13,15,22-25,28-29,40H,6,14,16-18H2,1-5H3. The van der Waals surface area contributed by atoms with Crippen LogP contribution in [0.15, 0.2) is 53.7 Å². The number of thioether (sulfide) groups is 1. The predicted molar refractivity (Wildman–Crippen MR) is 171 cm³/mol. The lowest BCUT2D eigenvalue weighted by Gasteiger charge is -2.26. The first-order chi connectivity index (χ1) is 21.8. The molecule has 2 aliphatic carbocycles. The van der Waals surface area contributed by atoms with E-state index in [1.54, 1.807) is 26.0 Å². The van der Waals surface area contributed by atoms with Crippen molar-refractivity contribution < 1.29 is 24.1 Å². The molecular weight excluding hydrogens is 592 g/mol. The summed E-state index contributed by atoms with van der Waals surface area (Å²) < 4.78 is 25.5. The predicted octanol–water partition coefficient (Wildman–Crippen LogP) is 5.13. The molecule has 3 heterocycles. The summed E-state index contributed by atoms with van der Waals surface area (Å²) in [4.78, 5) is 12.5. The van der Waals surface area contributed by atoms with Crippen molar-refractivity contribution in [2.45, 2.75) is 93.8 Å². The van der Waals surface area contributed by atoms with Gasteiger partial charge >= 0.3 is 0 Å². The van der Waals surface area contributed by atoms with E-state index < -0.39 is 18.0 Å². The van der Waals surface area contributed by atoms with Crippen LogP contribution < -0.4 is 14.4 Å². The second kappa shape index (κ2) is 12.1. The molecule has 12 heteroatoms. The van der Waals surface area contributed by atoms with Crippen molar-refractivity contribution in [3.63, 3.8) is 0 Å². The first kappa shape index (κ1) is 30.2. The molecular formula is C33H40N6O5S. The number of rotatable bonds is 11. The van der Waals surface area contributed by atoms with E-state index in [1.165, 1.54) is 5.56 Å². The topological polar surface area (TPSA) is 117 Å². The van der Waals surface area contributed by atoms with Gasteiger partial charge in [-0.05, 0) is 44.4 Å². The van der Waals surface area contributed by atoms with E-state index in [0.717, 1.165) is 41.5 Å². The van der Waals surface area contributed by atoms with Crippen LogP contribution in [0.3, 0.4) is 0 Å². The molecule has 238 valence electrons. The number of fused-ring (bicyclic) bond motifs is 2. The third-order valence-electron chi connectivity index (χ3n) is 8.93. The van der Waals surface area contributed by atoms with E-state index in [1.807, 2.05) is 36.7 Å². The van der Waals surface area contributed by atoms with Gasteiger partial charge in [-0.25, -0.2) is 14.6 Å². The Morgan fingerprint density at radius 1 is 1.04 bits per heavy atom. The van der Waals surface area contributed by atoms with Gasteiger partial charge in [-0.3, -0.25) is 0 Å². The smallest absolute Gasteiger partial charge is 0.191 e. The Bertz CT molecular complexity index is 1670. The molecule has 1 aliphatic heterocycles. The van der Waals surface area contributed by atoms with Crippen LogP contribution in [-0.4, -0.2) is 80.2 Å². The summed E-state index contributed by atoms with van der Waals surface area (Å²) in [5.41, 5.74) is 3.57. The highest BCUT2D eigenvalue weighted by Crippen LogP contribution is 2.49. The highest BCUT2D eigenvalue weighted by molar-refractivity contribution is 7.99. The van der Waals surface area contributed by atoms with Crippen molar-refractivity contribution in [1.82, 2.24) is 25.0 Å². The number of methoxy groups -OCH3 is 2. The fraction of sp³-hybridized carbons (Fsp3) is 0.515. The van der Waals surface area contributed by atoms with Crippen LogP contribution in [0.25, 0.3) is 11.2 Å². The lowest BCUT2D eigenvalue weighted by atomic mass is 10.1. The van der Waals surface area contributed by atoms with E-state index in [0.29, 0.717) is 35.2 Å². The number of hydrogen-bond acceptors (Lipinski definition) is 11. The Morgan fingerprint density at radius 3 is 2.60 bits per heavy atom. The molecule has 4 aromatic rings. The molecule has 0 radical (unpaired) electrons. The highest BCUT2D eigenvalue weighted by Gasteiger charge is 2.55. The van der Waals surface area contributed by atoms with Crippen molar-refractivity contribution >= 4 is 28.7 Å². The van der Waals surface area contributed by atoms with E-state index in [4.69, 9.17) is 34.0 Å². The molecule has 6 atom stereocenters. The number of aromatic nitrogens is 5. The quantitative estimate of drug-likeness (QED) is 0.175. The molecule has 2 aromatic carbocycles. The lowest BCUT2D eigenvalue weighted by Crippen LogP contribution is -2.29. The van der Waals surface area contributed by atoms with Gasteiger partial charge in [0.25, 0.3) is 0 Å². The second-order valence-corrected chi connectivity index (χ2v) is 13.5. The maximum atomic E-state index is 10.9. The molecule has 1 N–H and O–H groups in total. The van der Waals surface area contributed by atoms with Crippen LogP contribution in [0.1, 0.15) is 63.1 Å². The van der Waals surface area contributed by atoms with Gasteiger partial charge in [-0.15, -0.1) is 5.10 Å². The zero-order valence-corrected chi connectivity index (χ0v) is 27.1. The summed E-state index contributed by atoms with van der Waals surface area (Å²) in [5, 5.41) is 20.9. The van der Waals surface area contributed by atoms with Crippen LogP contribution in [0, 0.1) is 0 Å². The van der Waals surface area contributed by atoms with E-state index in [2.05, 4.69) is 47.4 Å². The molecule has 7 rings (SSSR count). The highest BCUT2D eigenvalue weighted by atomic mass is 32.2. The van der Waals surface area contributed by atoms with Gasteiger partial charge in [0.05, 0.1) is 26.4 Å². The average molecular weight is 633 g/mol. The molecule has 1 saturated heterocycles. The van der Waals surface area contributed by atoms with E-state index >= 15 is 0 Å². The largest absolute Gasteiger partial charge is 0.497 e. The maximum Gasteiger partial charge on any atom is 0.191 e. The van der Waals surface area contributed by atoms with Gasteiger partial charge in [-0.2, -0.15) is 0 Å². The minimum atomic E-state index is -0.791. The number of aliphatic hydroxyl groups is 1. The number of nitrogens with zero attached hydrogens (tertiary/aromatic N) is 6. The van der Waals surface area contributed by atoms with Gasteiger partial charge in [0.15, 0.2) is 27.9 Å². The SMILES string of the molecule is CCCSc1nc(N(Cc2ccc(OC)cc2OC)C2CC2c2ccccc2)c2nnn(C3CC(O)C4OC(C)(C)OC43)c2n1. The lowest BCUT2D eigenvalue weighted by molar-refractivity contribution is -0.165. The number of ether oxygens (including phenoxy) is 4. The molecule has 0 spiro atoms. The van der Waals surface area contributed by atoms with E-state index in [-0.39, 0.29) is 18.2 Å². The van der Waals surface area contributed by atoms with Crippen LogP contribution in [0.5, 0.6) is 11.5 Å². The normalized spacial score (nSPS) is 26.6. The van der Waals surface area contributed by atoms with Crippen LogP contribution in [0.4, 0.5) is 5.82 Å². The Morgan fingerprint density at radius 2 is 1.84 bits per heavy atom. The first-order valence-electron chi connectivity index (χ1n) is 15.6. The third kappa shape index (κ3) is 5.73. The molecule has 3 aliphatic rings. The maximum absolute atomic E-state index is 10.9. The molecule has 2 aromatic heterocycles. The Hall–Kier alpha value is -3.45. The van der Waals surface area contributed by atoms with Crippen molar-refractivity contribution in [3.8, 4) is 11.5 Å². The van der Waals surface area contributed by atoms with Gasteiger partial charge in [-0.1, -0.05) is 54.2 Å². The molecule has 3 fully saturated rings. The molecule has 0 amide bonds. The fourth-order valence-electron chi connectivity index (χ4n) is 6.74. The monoisotopic (exact) mass is 632 g/mol. The summed E-state index contributed by atoms with van der Waals surface area (Å²) >= 11 is 1.63. The Balaban J connectivity index is 1.33. The summed E-state index contributed by atoms with van der Waals surface area (Å²) in [6, 6.07) is 16.4. The molecule has 0 bridgehead atoms. The van der Waals surface area contributed by atoms with Crippen LogP contribution in [-0.2, 0) is 16.0 Å². The van der Waals surface area contributed by atoms with Crippen molar-refractivity contribution in [1.29, 1.82) is 0 Å². The molecule has 45 heavy (non-hydrogen) atoms. The van der Waals surface area contributed by atoms with Gasteiger partial charge < -0.3 is 29.0 Å². The van der Waals surface area contributed by atoms with Crippen molar-refractivity contribution in [2.24, 2.45) is 0 Å². The number of benzene rings is 2. The summed E-state index contributed by atoms with van der Waals surface area (Å²) in [7, 11) is 3.33.